The molecule has 3 unspecified atom stereocenters. The van der Waals surface area contributed by atoms with E-state index < -0.39 is 11.9 Å². The number of hydrogen-bond acceptors (Lipinski definition) is 3. The van der Waals surface area contributed by atoms with Gasteiger partial charge < -0.3 is 10.0 Å². The number of carbonyl (C=O) groups is 2. The molecular weight excluding hydrogens is 262 g/mol. The molecule has 1 saturated heterocycles. The summed E-state index contributed by atoms with van der Waals surface area (Å²) in [6, 6.07) is 3.76. The van der Waals surface area contributed by atoms with Crippen molar-refractivity contribution in [1.29, 1.82) is 0 Å². The number of thiophene rings is 1. The number of aliphatic carboxylic acids is 1. The zero-order valence-electron chi connectivity index (χ0n) is 11.2. The molecule has 5 heteroatoms. The van der Waals surface area contributed by atoms with Crippen molar-refractivity contribution in [2.24, 2.45) is 5.92 Å². The van der Waals surface area contributed by atoms with Gasteiger partial charge in [0.1, 0.15) is 0 Å². The average Bonchev–Trinajstić information content (AvgIpc) is 2.81. The second kappa shape index (κ2) is 5.74. The molecule has 0 radical (unpaired) electrons. The van der Waals surface area contributed by atoms with Crippen LogP contribution in [-0.4, -0.2) is 34.0 Å². The molecule has 1 N–H and O–H groups in total. The maximum atomic E-state index is 12.4. The van der Waals surface area contributed by atoms with Crippen LogP contribution in [0.25, 0.3) is 0 Å². The Kier molecular flexibility index (Phi) is 4.24. The van der Waals surface area contributed by atoms with Gasteiger partial charge in [-0.15, -0.1) is 11.3 Å². The molecule has 104 valence electrons. The van der Waals surface area contributed by atoms with Crippen molar-refractivity contribution in [3.05, 3.63) is 22.4 Å². The molecule has 0 aliphatic carbocycles. The molecule has 0 saturated carbocycles. The molecule has 4 nitrogen and oxygen atoms in total. The molecule has 1 amide bonds. The van der Waals surface area contributed by atoms with Crippen LogP contribution in [0.4, 0.5) is 0 Å². The first-order chi connectivity index (χ1) is 9.00. The first kappa shape index (κ1) is 14.1. The second-order valence-electron chi connectivity index (χ2n) is 5.17. The fourth-order valence-electron chi connectivity index (χ4n) is 2.85. The summed E-state index contributed by atoms with van der Waals surface area (Å²) in [5.74, 6) is -1.20. The predicted octanol–water partition coefficient (Wildman–Crippen LogP) is 2.39. The molecule has 1 aliphatic rings. The Morgan fingerprint density at radius 3 is 2.74 bits per heavy atom. The zero-order chi connectivity index (χ0) is 14.0. The Morgan fingerprint density at radius 2 is 2.16 bits per heavy atom. The summed E-state index contributed by atoms with van der Waals surface area (Å²) in [4.78, 5) is 26.4. The lowest BCUT2D eigenvalue weighted by Crippen LogP contribution is -2.53. The third-order valence-corrected chi connectivity index (χ3v) is 4.78. The van der Waals surface area contributed by atoms with Gasteiger partial charge in [0.25, 0.3) is 0 Å². The standard InChI is InChI=1S/C14H19NO3S/c1-9-5-6-12(14(17)18)10(2)15(9)13(16)8-11-4-3-7-19-11/h3-4,7,9-10,12H,5-6,8H2,1-2H3,(H,17,18). The van der Waals surface area contributed by atoms with Gasteiger partial charge in [-0.25, -0.2) is 0 Å². The SMILES string of the molecule is CC1CCC(C(=O)O)C(C)N1C(=O)Cc1cccs1. The summed E-state index contributed by atoms with van der Waals surface area (Å²) in [6.07, 6.45) is 1.79. The third-order valence-electron chi connectivity index (χ3n) is 3.90. The monoisotopic (exact) mass is 281 g/mol. The number of hydrogen-bond donors (Lipinski definition) is 1. The molecule has 1 aromatic rings. The number of carboxylic acids is 1. The Labute approximate surface area is 117 Å². The van der Waals surface area contributed by atoms with Gasteiger partial charge >= 0.3 is 5.97 Å². The molecule has 3 atom stereocenters. The van der Waals surface area contributed by atoms with Gasteiger partial charge in [-0.3, -0.25) is 9.59 Å². The molecule has 1 fully saturated rings. The van der Waals surface area contributed by atoms with Gasteiger partial charge in [-0.1, -0.05) is 6.07 Å². The van der Waals surface area contributed by atoms with Crippen molar-refractivity contribution in [1.82, 2.24) is 4.90 Å². The minimum Gasteiger partial charge on any atom is -0.481 e. The highest BCUT2D eigenvalue weighted by Gasteiger charge is 2.38. The number of rotatable bonds is 3. The molecule has 2 heterocycles. The number of nitrogens with zero attached hydrogens (tertiary/aromatic N) is 1. The highest BCUT2D eigenvalue weighted by atomic mass is 32.1. The smallest absolute Gasteiger partial charge is 0.308 e. The average molecular weight is 281 g/mol. The van der Waals surface area contributed by atoms with Crippen molar-refractivity contribution in [2.75, 3.05) is 0 Å². The minimum absolute atomic E-state index is 0.0356. The fourth-order valence-corrected chi connectivity index (χ4v) is 3.55. The van der Waals surface area contributed by atoms with Gasteiger partial charge in [0.2, 0.25) is 5.91 Å². The Bertz CT molecular complexity index is 457. The van der Waals surface area contributed by atoms with E-state index in [1.165, 1.54) is 0 Å². The Morgan fingerprint density at radius 1 is 1.42 bits per heavy atom. The van der Waals surface area contributed by atoms with Gasteiger partial charge in [-0.2, -0.15) is 0 Å². The number of carboxylic acid groups (broad SMARTS) is 1. The molecule has 0 aromatic carbocycles. The van der Waals surface area contributed by atoms with Crippen molar-refractivity contribution >= 4 is 23.2 Å². The second-order valence-corrected chi connectivity index (χ2v) is 6.20. The molecule has 0 bridgehead atoms. The third kappa shape index (κ3) is 2.97. The first-order valence-electron chi connectivity index (χ1n) is 6.57. The number of carbonyl (C=O) groups excluding carboxylic acids is 1. The van der Waals surface area contributed by atoms with E-state index in [9.17, 15) is 14.7 Å². The van der Waals surface area contributed by atoms with Crippen LogP contribution in [0.15, 0.2) is 17.5 Å². The Hall–Kier alpha value is -1.36. The van der Waals surface area contributed by atoms with Crippen LogP contribution in [-0.2, 0) is 16.0 Å². The predicted molar refractivity (Wildman–Crippen MR) is 74.2 cm³/mol. The summed E-state index contributed by atoms with van der Waals surface area (Å²) < 4.78 is 0. The van der Waals surface area contributed by atoms with Crippen LogP contribution in [0.2, 0.25) is 0 Å². The minimum atomic E-state index is -0.798. The van der Waals surface area contributed by atoms with Gasteiger partial charge in [0, 0.05) is 17.0 Å². The van der Waals surface area contributed by atoms with Crippen LogP contribution in [0.3, 0.4) is 0 Å². The van der Waals surface area contributed by atoms with Gasteiger partial charge in [-0.05, 0) is 38.1 Å². The molecular formula is C14H19NO3S. The number of likely N-dealkylation sites (tertiary alicyclic amines) is 1. The summed E-state index contributed by atoms with van der Waals surface area (Å²) >= 11 is 1.56. The van der Waals surface area contributed by atoms with Gasteiger partial charge in [0.05, 0.1) is 12.3 Å². The maximum absolute atomic E-state index is 12.4. The maximum Gasteiger partial charge on any atom is 0.308 e. The first-order valence-corrected chi connectivity index (χ1v) is 7.45. The quantitative estimate of drug-likeness (QED) is 0.925. The summed E-state index contributed by atoms with van der Waals surface area (Å²) in [6.45, 7) is 3.85. The highest BCUT2D eigenvalue weighted by molar-refractivity contribution is 7.10. The molecule has 1 aliphatic heterocycles. The van der Waals surface area contributed by atoms with E-state index in [1.807, 2.05) is 31.4 Å². The Balaban J connectivity index is 2.11. The van der Waals surface area contributed by atoms with Crippen molar-refractivity contribution in [2.45, 2.75) is 45.2 Å². The van der Waals surface area contributed by atoms with E-state index in [4.69, 9.17) is 0 Å². The van der Waals surface area contributed by atoms with Gasteiger partial charge in [0.15, 0.2) is 0 Å². The summed E-state index contributed by atoms with van der Waals surface area (Å²) in [5, 5.41) is 11.2. The number of amides is 1. The van der Waals surface area contributed by atoms with E-state index in [0.29, 0.717) is 12.8 Å². The molecule has 19 heavy (non-hydrogen) atoms. The lowest BCUT2D eigenvalue weighted by atomic mass is 9.86. The van der Waals surface area contributed by atoms with E-state index in [0.717, 1.165) is 11.3 Å². The van der Waals surface area contributed by atoms with Crippen LogP contribution in [0, 0.1) is 5.92 Å². The largest absolute Gasteiger partial charge is 0.481 e. The normalized spacial score (nSPS) is 27.3. The van der Waals surface area contributed by atoms with Crippen LogP contribution < -0.4 is 0 Å². The van der Waals surface area contributed by atoms with Crippen LogP contribution in [0.5, 0.6) is 0 Å². The molecule has 0 spiro atoms. The molecule has 2 rings (SSSR count). The number of piperidine rings is 1. The highest BCUT2D eigenvalue weighted by Crippen LogP contribution is 2.29. The van der Waals surface area contributed by atoms with Crippen molar-refractivity contribution < 1.29 is 14.7 Å². The van der Waals surface area contributed by atoms with Crippen molar-refractivity contribution in [3.63, 3.8) is 0 Å². The lowest BCUT2D eigenvalue weighted by molar-refractivity contribution is -0.151. The molecule has 1 aromatic heterocycles. The summed E-state index contributed by atoms with van der Waals surface area (Å²) in [7, 11) is 0. The summed E-state index contributed by atoms with van der Waals surface area (Å²) in [5.41, 5.74) is 0. The van der Waals surface area contributed by atoms with Crippen LogP contribution >= 0.6 is 11.3 Å². The topological polar surface area (TPSA) is 57.6 Å². The van der Waals surface area contributed by atoms with E-state index in [-0.39, 0.29) is 18.0 Å². The van der Waals surface area contributed by atoms with Crippen LogP contribution in [0.1, 0.15) is 31.6 Å². The van der Waals surface area contributed by atoms with E-state index in [2.05, 4.69) is 0 Å². The van der Waals surface area contributed by atoms with E-state index in [1.54, 1.807) is 16.2 Å². The zero-order valence-corrected chi connectivity index (χ0v) is 12.0. The van der Waals surface area contributed by atoms with Crippen molar-refractivity contribution in [3.8, 4) is 0 Å². The fraction of sp³-hybridized carbons (Fsp3) is 0.571. The van der Waals surface area contributed by atoms with E-state index >= 15 is 0 Å². The lowest BCUT2D eigenvalue weighted by Gasteiger charge is -2.42.